The van der Waals surface area contributed by atoms with Crippen molar-refractivity contribution in [2.75, 3.05) is 18.8 Å². The summed E-state index contributed by atoms with van der Waals surface area (Å²) in [7, 11) is 0. The molecule has 0 aromatic heterocycles. The van der Waals surface area contributed by atoms with Gasteiger partial charge in [-0.3, -0.25) is 52.7 Å². The van der Waals surface area contributed by atoms with E-state index in [2.05, 4.69) is 60.5 Å². The number of primary amides is 1. The first-order chi connectivity index (χ1) is 36.9. The number of carbonyl (C=O) groups excluding carboxylic acids is 10. The average molecular weight is 1140 g/mol. The molecule has 10 atom stereocenters. The number of carbonyl (C=O) groups is 12. The van der Waals surface area contributed by atoms with Crippen LogP contribution in [0.2, 0.25) is 0 Å². The van der Waals surface area contributed by atoms with Gasteiger partial charge in [0.05, 0.1) is 25.1 Å². The van der Waals surface area contributed by atoms with Gasteiger partial charge in [-0.15, -0.1) is 0 Å². The summed E-state index contributed by atoms with van der Waals surface area (Å²) in [5.74, 6) is -14.0. The van der Waals surface area contributed by atoms with Crippen molar-refractivity contribution in [1.82, 2.24) is 47.9 Å². The Morgan fingerprint density at radius 2 is 1.05 bits per heavy atom. The van der Waals surface area contributed by atoms with E-state index in [-0.39, 0.29) is 55.4 Å². The van der Waals surface area contributed by atoms with E-state index in [1.165, 1.54) is 24.3 Å². The van der Waals surface area contributed by atoms with Gasteiger partial charge in [0.1, 0.15) is 54.1 Å². The molecular weight excluding hydrogens is 1060 g/mol. The van der Waals surface area contributed by atoms with Crippen LogP contribution in [0.15, 0.2) is 24.3 Å². The van der Waals surface area contributed by atoms with Crippen molar-refractivity contribution >= 4 is 83.6 Å². The van der Waals surface area contributed by atoms with Crippen LogP contribution in [0.5, 0.6) is 5.75 Å². The first kappa shape index (κ1) is 69.9. The number of benzene rings is 1. The Bertz CT molecular complexity index is 2250. The number of hydrogen-bond acceptors (Lipinski definition) is 17. The minimum absolute atomic E-state index is 0.0547. The number of aromatic hydroxyl groups is 1. The minimum atomic E-state index is -1.75. The molecule has 0 saturated heterocycles. The molecule has 0 saturated carbocycles. The second kappa shape index (κ2) is 35.4. The molecule has 0 spiro atoms. The fraction of sp³-hybridized carbons (Fsp3) is 0.640. The standard InChI is InChI=1S/C50H82N12O16S/c1-24(2)18-32(57-43(70)31(15-16-39(67)68)56-42(69)30(52)10-8-9-17-51)44(71)59-35(21-37(53)65)45(72)58-33(19-25(3)4)46(73)61-40(26(5)6)49(76)60-34(20-28-11-13-29(64)14-12-28)47(74)62-41(27(7)63)48(75)54-22-38(66)55-36(23-79)50(77)78/h11-14,24-27,30-36,40-41,63-64,79H,8-10,15-23,51-52H2,1-7H3,(H2,53,65)(H,54,75)(H,55,66)(H,56,69)(H,57,70)(H,58,72)(H,59,71)(H,60,76)(H,61,73)(H,62,74)(H,67,68)(H,77,78)/t27-,30+,31+,32+,33+,34+,35+,36+,40+,41+/m1/s1. The fourth-order valence-electron chi connectivity index (χ4n) is 7.58. The van der Waals surface area contributed by atoms with Crippen LogP contribution in [-0.2, 0) is 64.0 Å². The molecule has 0 bridgehead atoms. The molecule has 0 fully saturated rings. The summed E-state index contributed by atoms with van der Waals surface area (Å²) >= 11 is 3.87. The molecule has 28 nitrogen and oxygen atoms in total. The van der Waals surface area contributed by atoms with Crippen molar-refractivity contribution < 1.29 is 78.0 Å². The Hall–Kier alpha value is -7.11. The van der Waals surface area contributed by atoms with Gasteiger partial charge in [-0.25, -0.2) is 4.79 Å². The number of aliphatic hydroxyl groups is 1. The Kier molecular flexibility index (Phi) is 31.3. The van der Waals surface area contributed by atoms with Gasteiger partial charge < -0.3 is 85.5 Å². The molecule has 10 amide bonds. The predicted octanol–water partition coefficient (Wildman–Crippen LogP) is -3.73. The van der Waals surface area contributed by atoms with Gasteiger partial charge in [0.2, 0.25) is 59.1 Å². The molecule has 1 aromatic carbocycles. The highest BCUT2D eigenvalue weighted by molar-refractivity contribution is 7.80. The largest absolute Gasteiger partial charge is 0.508 e. The summed E-state index contributed by atoms with van der Waals surface area (Å²) < 4.78 is 0. The zero-order valence-corrected chi connectivity index (χ0v) is 46.6. The first-order valence-corrected chi connectivity index (χ1v) is 26.5. The van der Waals surface area contributed by atoms with Gasteiger partial charge in [0.25, 0.3) is 0 Å². The van der Waals surface area contributed by atoms with Crippen molar-refractivity contribution in [3.8, 4) is 5.75 Å². The summed E-state index contributed by atoms with van der Waals surface area (Å²) in [4.78, 5) is 158. The van der Waals surface area contributed by atoms with Gasteiger partial charge in [-0.2, -0.15) is 12.6 Å². The van der Waals surface area contributed by atoms with Gasteiger partial charge in [-0.1, -0.05) is 60.1 Å². The summed E-state index contributed by atoms with van der Waals surface area (Å²) in [5, 5.41) is 60.8. The summed E-state index contributed by atoms with van der Waals surface area (Å²) in [6, 6.07) is -7.73. The lowest BCUT2D eigenvalue weighted by Crippen LogP contribution is -2.62. The Labute approximate surface area is 464 Å². The molecule has 0 aliphatic heterocycles. The van der Waals surface area contributed by atoms with E-state index < -0.39 is 157 Å². The Balaban J connectivity index is 3.49. The van der Waals surface area contributed by atoms with E-state index in [9.17, 15) is 78.0 Å². The third-order valence-electron chi connectivity index (χ3n) is 11.9. The maximum Gasteiger partial charge on any atom is 0.327 e. The van der Waals surface area contributed by atoms with Crippen LogP contribution in [0.4, 0.5) is 0 Å². The fourth-order valence-corrected chi connectivity index (χ4v) is 7.83. The molecular formula is C50H82N12O16S. The van der Waals surface area contributed by atoms with Crippen LogP contribution in [-0.4, -0.2) is 171 Å². The molecule has 79 heavy (non-hydrogen) atoms. The number of aliphatic hydroxyl groups excluding tert-OH is 1. The maximum atomic E-state index is 14.2. The molecule has 0 aliphatic carbocycles. The van der Waals surface area contributed by atoms with Crippen molar-refractivity contribution in [3.63, 3.8) is 0 Å². The van der Waals surface area contributed by atoms with Crippen molar-refractivity contribution in [2.24, 2.45) is 35.0 Å². The number of carboxylic acids is 2. The number of phenols is 1. The molecule has 0 unspecified atom stereocenters. The molecule has 0 radical (unpaired) electrons. The van der Waals surface area contributed by atoms with Crippen LogP contribution in [0.3, 0.4) is 0 Å². The van der Waals surface area contributed by atoms with Gasteiger partial charge in [0.15, 0.2) is 0 Å². The third kappa shape index (κ3) is 26.9. The number of hydrogen-bond donors (Lipinski definition) is 17. The number of nitrogens with two attached hydrogens (primary N) is 3. The highest BCUT2D eigenvalue weighted by Crippen LogP contribution is 2.15. The Morgan fingerprint density at radius 3 is 1.53 bits per heavy atom. The van der Waals surface area contributed by atoms with E-state index >= 15 is 0 Å². The normalized spacial score (nSPS) is 15.0. The predicted molar refractivity (Wildman–Crippen MR) is 289 cm³/mol. The molecule has 444 valence electrons. The monoisotopic (exact) mass is 1140 g/mol. The third-order valence-corrected chi connectivity index (χ3v) is 12.2. The summed E-state index contributed by atoms with van der Waals surface area (Å²) in [5.41, 5.74) is 17.4. The molecule has 1 aromatic rings. The highest BCUT2D eigenvalue weighted by Gasteiger charge is 2.37. The zero-order valence-electron chi connectivity index (χ0n) is 45.7. The van der Waals surface area contributed by atoms with Crippen LogP contribution in [0, 0.1) is 17.8 Å². The average Bonchev–Trinajstić information content (AvgIpc) is 3.35. The number of amides is 10. The van der Waals surface area contributed by atoms with E-state index in [4.69, 9.17) is 17.2 Å². The quantitative estimate of drug-likeness (QED) is 0.0225. The number of unbranched alkanes of at least 4 members (excludes halogenated alkanes) is 1. The lowest BCUT2D eigenvalue weighted by molar-refractivity contribution is -0.141. The number of rotatable bonds is 37. The number of nitrogens with one attached hydrogen (secondary N) is 9. The van der Waals surface area contributed by atoms with Crippen LogP contribution >= 0.6 is 12.6 Å². The van der Waals surface area contributed by atoms with Crippen LogP contribution < -0.4 is 65.1 Å². The van der Waals surface area contributed by atoms with E-state index in [0.29, 0.717) is 24.9 Å². The van der Waals surface area contributed by atoms with Crippen molar-refractivity contribution in [1.29, 1.82) is 0 Å². The SMILES string of the molecule is CC(C)C[C@H](NC(=O)[C@H](CCC(=O)O)NC(=O)[C@@H](N)CCCCN)C(=O)N[C@@H](CC(N)=O)C(=O)N[C@@H](CC(C)C)C(=O)N[C@H](C(=O)N[C@@H](Cc1ccc(O)cc1)C(=O)N[C@H](C(=O)NCC(=O)N[C@@H](CS)C(=O)O)[C@@H](C)O)C(C)C. The van der Waals surface area contributed by atoms with E-state index in [1.54, 1.807) is 41.5 Å². The van der Waals surface area contributed by atoms with Crippen molar-refractivity contribution in [3.05, 3.63) is 29.8 Å². The second-order valence-corrected chi connectivity index (χ2v) is 20.6. The lowest BCUT2D eigenvalue weighted by atomic mass is 9.98. The molecule has 0 heterocycles. The van der Waals surface area contributed by atoms with Gasteiger partial charge >= 0.3 is 11.9 Å². The second-order valence-electron chi connectivity index (χ2n) is 20.2. The van der Waals surface area contributed by atoms with Crippen molar-refractivity contribution in [2.45, 2.75) is 167 Å². The van der Waals surface area contributed by atoms with Gasteiger partial charge in [-0.05, 0) is 81.0 Å². The number of phenolic OH excluding ortho intramolecular Hbond substituents is 1. The Morgan fingerprint density at radius 1 is 0.570 bits per heavy atom. The first-order valence-electron chi connectivity index (χ1n) is 25.9. The van der Waals surface area contributed by atoms with Gasteiger partial charge in [0, 0.05) is 18.6 Å². The molecule has 29 heteroatoms. The number of aliphatic carboxylic acids is 2. The number of thiol groups is 1. The molecule has 19 N–H and O–H groups in total. The molecule has 0 aliphatic rings. The highest BCUT2D eigenvalue weighted by atomic mass is 32.1. The van der Waals surface area contributed by atoms with Crippen LogP contribution in [0.25, 0.3) is 0 Å². The zero-order chi connectivity index (χ0) is 60.3. The molecule has 1 rings (SSSR count). The summed E-state index contributed by atoms with van der Waals surface area (Å²) in [6.07, 6.45) is -2.42. The topological polar surface area (TPSA) is 472 Å². The summed E-state index contributed by atoms with van der Waals surface area (Å²) in [6.45, 7) is 10.7. The maximum absolute atomic E-state index is 14.2. The number of carboxylic acid groups (broad SMARTS) is 2. The smallest absolute Gasteiger partial charge is 0.327 e. The van der Waals surface area contributed by atoms with Crippen LogP contribution in [0.1, 0.15) is 105 Å². The lowest BCUT2D eigenvalue weighted by Gasteiger charge is -2.30. The van der Waals surface area contributed by atoms with E-state index in [0.717, 1.165) is 6.92 Å². The minimum Gasteiger partial charge on any atom is -0.508 e. The van der Waals surface area contributed by atoms with E-state index in [1.807, 2.05) is 0 Å².